The van der Waals surface area contributed by atoms with Gasteiger partial charge in [0.05, 0.1) is 5.69 Å². The van der Waals surface area contributed by atoms with E-state index in [0.717, 1.165) is 37.9 Å². The van der Waals surface area contributed by atoms with Crippen molar-refractivity contribution in [3.8, 4) is 0 Å². The molecule has 2 amide bonds. The van der Waals surface area contributed by atoms with E-state index in [9.17, 15) is 9.59 Å². The third kappa shape index (κ3) is 5.68. The zero-order valence-corrected chi connectivity index (χ0v) is 17.6. The van der Waals surface area contributed by atoms with Crippen molar-refractivity contribution in [2.24, 2.45) is 5.92 Å². The summed E-state index contributed by atoms with van der Waals surface area (Å²) in [7, 11) is 0. The molecule has 1 atom stereocenters. The zero-order chi connectivity index (χ0) is 20.8. The van der Waals surface area contributed by atoms with Gasteiger partial charge >= 0.3 is 0 Å². The molecule has 0 spiro atoms. The Labute approximate surface area is 172 Å². The van der Waals surface area contributed by atoms with Crippen LogP contribution in [0.4, 0.5) is 0 Å². The highest BCUT2D eigenvalue weighted by atomic mass is 16.4. The quantitative estimate of drug-likeness (QED) is 0.775. The van der Waals surface area contributed by atoms with E-state index in [4.69, 9.17) is 4.42 Å². The predicted octanol–water partition coefficient (Wildman–Crippen LogP) is 3.54. The number of amides is 2. The summed E-state index contributed by atoms with van der Waals surface area (Å²) < 4.78 is 5.72. The van der Waals surface area contributed by atoms with Crippen LogP contribution in [0.1, 0.15) is 60.8 Å². The summed E-state index contributed by atoms with van der Waals surface area (Å²) in [4.78, 5) is 32.4. The van der Waals surface area contributed by atoms with Crippen LogP contribution in [0, 0.1) is 12.8 Å². The number of oxazole rings is 1. The van der Waals surface area contributed by atoms with Crippen LogP contribution in [-0.2, 0) is 17.6 Å². The Balaban J connectivity index is 1.77. The van der Waals surface area contributed by atoms with Crippen molar-refractivity contribution in [1.29, 1.82) is 0 Å². The summed E-state index contributed by atoms with van der Waals surface area (Å²) in [6.07, 6.45) is 4.30. The highest BCUT2D eigenvalue weighted by Crippen LogP contribution is 2.16. The van der Waals surface area contributed by atoms with Gasteiger partial charge in [-0.25, -0.2) is 4.98 Å². The van der Waals surface area contributed by atoms with Crippen molar-refractivity contribution in [2.75, 3.05) is 13.1 Å². The number of likely N-dealkylation sites (tertiary alicyclic amines) is 1. The molecule has 1 fully saturated rings. The predicted molar refractivity (Wildman–Crippen MR) is 112 cm³/mol. The maximum Gasteiger partial charge on any atom is 0.289 e. The first-order valence-electron chi connectivity index (χ1n) is 10.5. The number of hydrogen-bond donors (Lipinski definition) is 1. The standard InChI is InChI=1S/C23H31N3O3/c1-16(2)14-20-24-17(3)21(29-20)22(27)25-19(15-18-10-6-4-7-11-18)23(28)26-12-8-5-9-13-26/h4,6-7,10-11,16,19H,5,8-9,12-15H2,1-3H3,(H,25,27)/t19-/m0/s1. The Morgan fingerprint density at radius 3 is 2.45 bits per heavy atom. The lowest BCUT2D eigenvalue weighted by molar-refractivity contribution is -0.134. The van der Waals surface area contributed by atoms with Gasteiger partial charge in [-0.15, -0.1) is 0 Å². The van der Waals surface area contributed by atoms with Gasteiger partial charge in [-0.3, -0.25) is 9.59 Å². The Hall–Kier alpha value is -2.63. The normalized spacial score (nSPS) is 15.4. The molecule has 1 aromatic heterocycles. The Morgan fingerprint density at radius 2 is 1.79 bits per heavy atom. The molecular formula is C23H31N3O3. The lowest BCUT2D eigenvalue weighted by atomic mass is 10.0. The monoisotopic (exact) mass is 397 g/mol. The molecule has 0 unspecified atom stereocenters. The number of aromatic nitrogens is 1. The number of rotatable bonds is 7. The molecule has 29 heavy (non-hydrogen) atoms. The van der Waals surface area contributed by atoms with Crippen molar-refractivity contribution in [3.63, 3.8) is 0 Å². The fraction of sp³-hybridized carbons (Fsp3) is 0.522. The Morgan fingerprint density at radius 1 is 1.10 bits per heavy atom. The van der Waals surface area contributed by atoms with E-state index >= 15 is 0 Å². The fourth-order valence-electron chi connectivity index (χ4n) is 3.71. The van der Waals surface area contributed by atoms with Crippen LogP contribution in [-0.4, -0.2) is 40.8 Å². The molecule has 6 heteroatoms. The number of hydrogen-bond acceptors (Lipinski definition) is 4. The van der Waals surface area contributed by atoms with Crippen molar-refractivity contribution >= 4 is 11.8 Å². The van der Waals surface area contributed by atoms with Crippen LogP contribution in [0.25, 0.3) is 0 Å². The topological polar surface area (TPSA) is 75.4 Å². The Kier molecular flexibility index (Phi) is 7.07. The lowest BCUT2D eigenvalue weighted by Crippen LogP contribution is -2.51. The third-order valence-corrected chi connectivity index (χ3v) is 5.18. The number of benzene rings is 1. The minimum absolute atomic E-state index is 0.0264. The molecule has 0 aliphatic carbocycles. The second-order valence-electron chi connectivity index (χ2n) is 8.22. The average molecular weight is 398 g/mol. The first-order valence-corrected chi connectivity index (χ1v) is 10.5. The number of piperidine rings is 1. The minimum atomic E-state index is -0.624. The second kappa shape index (κ2) is 9.72. The van der Waals surface area contributed by atoms with Crippen LogP contribution in [0.2, 0.25) is 0 Å². The molecule has 1 aliphatic rings. The summed E-state index contributed by atoms with van der Waals surface area (Å²) in [5, 5.41) is 2.92. The van der Waals surface area contributed by atoms with E-state index in [-0.39, 0.29) is 17.6 Å². The molecule has 2 heterocycles. The van der Waals surface area contributed by atoms with Crippen molar-refractivity contribution in [3.05, 3.63) is 53.2 Å². The van der Waals surface area contributed by atoms with Gasteiger partial charge in [0.25, 0.3) is 5.91 Å². The van der Waals surface area contributed by atoms with Crippen LogP contribution < -0.4 is 5.32 Å². The van der Waals surface area contributed by atoms with Gasteiger partial charge in [-0.05, 0) is 37.7 Å². The first kappa shape index (κ1) is 21.1. The van der Waals surface area contributed by atoms with Crippen molar-refractivity contribution in [2.45, 2.75) is 58.9 Å². The number of aryl methyl sites for hydroxylation is 1. The Bertz CT molecular complexity index is 823. The molecule has 1 saturated heterocycles. The van der Waals surface area contributed by atoms with Gasteiger partial charge in [0, 0.05) is 25.9 Å². The van der Waals surface area contributed by atoms with Gasteiger partial charge in [0.15, 0.2) is 5.89 Å². The molecule has 3 rings (SSSR count). The molecule has 156 valence electrons. The molecule has 1 aromatic carbocycles. The molecule has 2 aromatic rings. The summed E-state index contributed by atoms with van der Waals surface area (Å²) in [5.74, 6) is 0.739. The maximum atomic E-state index is 13.2. The summed E-state index contributed by atoms with van der Waals surface area (Å²) >= 11 is 0. The molecule has 1 N–H and O–H groups in total. The first-order chi connectivity index (χ1) is 13.9. The van der Waals surface area contributed by atoms with Crippen LogP contribution in [0.15, 0.2) is 34.7 Å². The lowest BCUT2D eigenvalue weighted by Gasteiger charge is -2.30. The number of nitrogens with one attached hydrogen (secondary N) is 1. The molecule has 0 bridgehead atoms. The van der Waals surface area contributed by atoms with Crippen molar-refractivity contribution < 1.29 is 14.0 Å². The summed E-state index contributed by atoms with van der Waals surface area (Å²) in [5.41, 5.74) is 1.57. The van der Waals surface area contributed by atoms with Crippen molar-refractivity contribution in [1.82, 2.24) is 15.2 Å². The van der Waals surface area contributed by atoms with E-state index in [1.165, 1.54) is 0 Å². The maximum absolute atomic E-state index is 13.2. The fourth-order valence-corrected chi connectivity index (χ4v) is 3.71. The van der Waals surface area contributed by atoms with Gasteiger partial charge in [0.1, 0.15) is 6.04 Å². The van der Waals surface area contributed by atoms with Gasteiger partial charge < -0.3 is 14.6 Å². The number of carbonyl (C=O) groups excluding carboxylic acids is 2. The minimum Gasteiger partial charge on any atom is -0.435 e. The van der Waals surface area contributed by atoms with Gasteiger partial charge in [-0.2, -0.15) is 0 Å². The smallest absolute Gasteiger partial charge is 0.289 e. The van der Waals surface area contributed by atoms with Crippen LogP contribution >= 0.6 is 0 Å². The molecular weight excluding hydrogens is 366 g/mol. The number of carbonyl (C=O) groups is 2. The highest BCUT2D eigenvalue weighted by Gasteiger charge is 2.29. The average Bonchev–Trinajstić information content (AvgIpc) is 3.07. The molecule has 0 saturated carbocycles. The van der Waals surface area contributed by atoms with Crippen LogP contribution in [0.3, 0.4) is 0 Å². The molecule has 6 nitrogen and oxygen atoms in total. The number of nitrogens with zero attached hydrogens (tertiary/aromatic N) is 2. The van der Waals surface area contributed by atoms with E-state index in [1.54, 1.807) is 6.92 Å². The second-order valence-corrected chi connectivity index (χ2v) is 8.22. The molecule has 1 aliphatic heterocycles. The largest absolute Gasteiger partial charge is 0.435 e. The molecule has 0 radical (unpaired) electrons. The third-order valence-electron chi connectivity index (χ3n) is 5.18. The van der Waals surface area contributed by atoms with Gasteiger partial charge in [-0.1, -0.05) is 44.2 Å². The highest BCUT2D eigenvalue weighted by molar-refractivity contribution is 5.96. The van der Waals surface area contributed by atoms with E-state index in [0.29, 0.717) is 30.3 Å². The SMILES string of the molecule is Cc1nc(CC(C)C)oc1C(=O)N[C@@H](Cc1ccccc1)C(=O)N1CCCCC1. The van der Waals surface area contributed by atoms with Crippen LogP contribution in [0.5, 0.6) is 0 Å². The van der Waals surface area contributed by atoms with Gasteiger partial charge in [0.2, 0.25) is 11.7 Å². The van der Waals surface area contributed by atoms with E-state index in [2.05, 4.69) is 24.1 Å². The zero-order valence-electron chi connectivity index (χ0n) is 17.6. The van der Waals surface area contributed by atoms with E-state index < -0.39 is 6.04 Å². The summed E-state index contributed by atoms with van der Waals surface area (Å²) in [6, 6.07) is 9.15. The summed E-state index contributed by atoms with van der Waals surface area (Å²) in [6.45, 7) is 7.42. The van der Waals surface area contributed by atoms with E-state index in [1.807, 2.05) is 35.2 Å².